The second-order valence-corrected chi connectivity index (χ2v) is 12.6. The molecule has 0 spiro atoms. The van der Waals surface area contributed by atoms with Gasteiger partial charge in [0.1, 0.15) is 6.04 Å². The quantitative estimate of drug-likeness (QED) is 0.234. The summed E-state index contributed by atoms with van der Waals surface area (Å²) >= 11 is 0. The van der Waals surface area contributed by atoms with E-state index in [0.29, 0.717) is 26.0 Å². The van der Waals surface area contributed by atoms with Crippen molar-refractivity contribution in [1.29, 1.82) is 0 Å². The second-order valence-electron chi connectivity index (χ2n) is 10.9. The smallest absolute Gasteiger partial charge is 0.247 e. The molecule has 1 saturated carbocycles. The van der Waals surface area contributed by atoms with E-state index in [4.69, 9.17) is 4.74 Å². The Hall–Kier alpha value is -3.53. The average Bonchev–Trinajstić information content (AvgIpc) is 3.80. The maximum Gasteiger partial charge on any atom is 0.247 e. The third-order valence-corrected chi connectivity index (χ3v) is 8.56. The Morgan fingerprint density at radius 2 is 1.55 bits per heavy atom. The van der Waals surface area contributed by atoms with Crippen LogP contribution in [0.4, 0.5) is 0 Å². The molecule has 0 saturated heterocycles. The Morgan fingerprint density at radius 3 is 2.17 bits per heavy atom. The minimum Gasteiger partial charge on any atom is -0.379 e. The fraction of sp³-hybridized carbons (Fsp3) is 0.394. The van der Waals surface area contributed by atoms with Crippen LogP contribution in [0.5, 0.6) is 0 Å². The normalized spacial score (nSPS) is 14.0. The predicted octanol–water partition coefficient (Wildman–Crippen LogP) is 4.76. The van der Waals surface area contributed by atoms with Gasteiger partial charge in [-0.3, -0.25) is 9.59 Å². The Balaban J connectivity index is 1.50. The summed E-state index contributed by atoms with van der Waals surface area (Å²) in [5, 5.41) is 3.01. The summed E-state index contributed by atoms with van der Waals surface area (Å²) in [5.41, 5.74) is 2.50. The van der Waals surface area contributed by atoms with Gasteiger partial charge in [0.15, 0.2) is 0 Å². The third-order valence-electron chi connectivity index (χ3n) is 7.02. The maximum absolute atomic E-state index is 13.9. The highest BCUT2D eigenvalue weighted by Crippen LogP contribution is 2.26. The summed E-state index contributed by atoms with van der Waals surface area (Å²) in [7, 11) is -3.54. The van der Waals surface area contributed by atoms with Crippen LogP contribution in [0.1, 0.15) is 62.3 Å². The topological polar surface area (TPSA) is 105 Å². The molecule has 1 atom stereocenters. The van der Waals surface area contributed by atoms with Crippen LogP contribution < -0.4 is 10.0 Å². The molecule has 8 nitrogen and oxygen atoms in total. The molecule has 2 N–H and O–H groups in total. The van der Waals surface area contributed by atoms with E-state index in [0.717, 1.165) is 29.5 Å². The molecule has 9 heteroatoms. The van der Waals surface area contributed by atoms with E-state index in [2.05, 4.69) is 10.0 Å². The number of ether oxygens (including phenoxy) is 1. The van der Waals surface area contributed by atoms with Gasteiger partial charge in [-0.05, 0) is 68.4 Å². The number of carbonyl (C=O) groups is 2. The lowest BCUT2D eigenvalue weighted by molar-refractivity contribution is -0.141. The van der Waals surface area contributed by atoms with Crippen LogP contribution in [0.25, 0.3) is 0 Å². The number of sulfonamides is 1. The Labute approximate surface area is 249 Å². The fourth-order valence-electron chi connectivity index (χ4n) is 4.63. The minimum atomic E-state index is -3.54. The molecule has 0 aliphatic heterocycles. The Morgan fingerprint density at radius 1 is 0.905 bits per heavy atom. The molecule has 0 radical (unpaired) electrons. The molecular weight excluding hydrogens is 550 g/mol. The van der Waals surface area contributed by atoms with Crippen molar-refractivity contribution in [2.75, 3.05) is 13.2 Å². The molecule has 2 amide bonds. The van der Waals surface area contributed by atoms with Crippen molar-refractivity contribution >= 4 is 21.8 Å². The van der Waals surface area contributed by atoms with Crippen molar-refractivity contribution in [1.82, 2.24) is 14.9 Å². The highest BCUT2D eigenvalue weighted by Gasteiger charge is 2.31. The van der Waals surface area contributed by atoms with E-state index in [-0.39, 0.29) is 41.8 Å². The molecule has 0 unspecified atom stereocenters. The molecular formula is C33H41N3O5S. The molecule has 3 aromatic carbocycles. The number of aryl methyl sites for hydroxylation is 1. The number of nitrogens with one attached hydrogen (secondary N) is 2. The van der Waals surface area contributed by atoms with Crippen molar-refractivity contribution in [3.8, 4) is 0 Å². The minimum absolute atomic E-state index is 0.0334. The van der Waals surface area contributed by atoms with Crippen LogP contribution in [-0.4, -0.2) is 50.4 Å². The molecule has 224 valence electrons. The van der Waals surface area contributed by atoms with Gasteiger partial charge in [-0.15, -0.1) is 0 Å². The third kappa shape index (κ3) is 9.51. The van der Waals surface area contributed by atoms with Crippen LogP contribution in [-0.2, 0) is 37.3 Å². The lowest BCUT2D eigenvalue weighted by Gasteiger charge is -2.32. The van der Waals surface area contributed by atoms with Gasteiger partial charge in [-0.25, -0.2) is 13.1 Å². The number of nitrogens with zero attached hydrogens (tertiary/aromatic N) is 1. The van der Waals surface area contributed by atoms with Gasteiger partial charge in [0.2, 0.25) is 21.8 Å². The molecule has 1 aliphatic rings. The molecule has 4 rings (SSSR count). The predicted molar refractivity (Wildman–Crippen MR) is 163 cm³/mol. The fourth-order valence-corrected chi connectivity index (χ4v) is 5.94. The first-order valence-electron chi connectivity index (χ1n) is 14.6. The second kappa shape index (κ2) is 15.1. The van der Waals surface area contributed by atoms with E-state index < -0.39 is 16.1 Å². The number of rotatable bonds is 16. The highest BCUT2D eigenvalue weighted by atomic mass is 32.2. The lowest BCUT2D eigenvalue weighted by atomic mass is 10.0. The zero-order chi connectivity index (χ0) is 30.0. The first kappa shape index (κ1) is 31.4. The number of amides is 2. The number of benzene rings is 3. The van der Waals surface area contributed by atoms with Crippen molar-refractivity contribution in [3.63, 3.8) is 0 Å². The lowest BCUT2D eigenvalue weighted by Crippen LogP contribution is -2.44. The zero-order valence-electron chi connectivity index (χ0n) is 24.4. The standard InChI is InChI=1S/C33H41N3O5S/c1-25(2)41-23-9-22-34-33(38)32(28-12-7-4-8-13-28)36(24-27-10-5-3-6-11-27)31(37)21-16-26-14-19-30(20-15-26)42(39,40)35-29-17-18-29/h3-8,10-15,19-20,25,29,32,35H,9,16-18,21-24H2,1-2H3,(H,34,38)/t32-/m0/s1. The van der Waals surface area contributed by atoms with Crippen molar-refractivity contribution in [2.24, 2.45) is 0 Å². The Bertz CT molecular complexity index is 1390. The van der Waals surface area contributed by atoms with E-state index in [9.17, 15) is 18.0 Å². The van der Waals surface area contributed by atoms with E-state index in [1.165, 1.54) is 0 Å². The monoisotopic (exact) mass is 591 g/mol. The van der Waals surface area contributed by atoms with Gasteiger partial charge >= 0.3 is 0 Å². The zero-order valence-corrected chi connectivity index (χ0v) is 25.2. The van der Waals surface area contributed by atoms with Gasteiger partial charge in [-0.1, -0.05) is 72.8 Å². The summed E-state index contributed by atoms with van der Waals surface area (Å²) in [6.45, 7) is 5.19. The van der Waals surface area contributed by atoms with Crippen LogP contribution in [0.15, 0.2) is 89.8 Å². The van der Waals surface area contributed by atoms with E-state index in [1.807, 2.05) is 74.5 Å². The highest BCUT2D eigenvalue weighted by molar-refractivity contribution is 7.89. The number of hydrogen-bond donors (Lipinski definition) is 2. The molecule has 0 aromatic heterocycles. The first-order chi connectivity index (χ1) is 20.2. The number of carbonyl (C=O) groups excluding carboxylic acids is 2. The molecule has 3 aromatic rings. The van der Waals surface area contributed by atoms with Crippen molar-refractivity contribution < 1.29 is 22.7 Å². The summed E-state index contributed by atoms with van der Waals surface area (Å²) in [6, 6.07) is 24.9. The van der Waals surface area contributed by atoms with Crippen molar-refractivity contribution in [3.05, 3.63) is 102 Å². The van der Waals surface area contributed by atoms with Gasteiger partial charge in [0.25, 0.3) is 0 Å². The summed E-state index contributed by atoms with van der Waals surface area (Å²) < 4.78 is 33.3. The van der Waals surface area contributed by atoms with Crippen LogP contribution in [0.2, 0.25) is 0 Å². The van der Waals surface area contributed by atoms with E-state index in [1.54, 1.807) is 29.2 Å². The summed E-state index contributed by atoms with van der Waals surface area (Å²) in [4.78, 5) is 29.4. The molecule has 1 fully saturated rings. The molecule has 0 heterocycles. The summed E-state index contributed by atoms with van der Waals surface area (Å²) in [5.74, 6) is -0.411. The SMILES string of the molecule is CC(C)OCCCNC(=O)[C@H](c1ccccc1)N(Cc1ccccc1)C(=O)CCc1ccc(S(=O)(=O)NC2CC2)cc1. The van der Waals surface area contributed by atoms with Gasteiger partial charge < -0.3 is 15.0 Å². The van der Waals surface area contributed by atoms with Gasteiger partial charge in [0, 0.05) is 32.2 Å². The van der Waals surface area contributed by atoms with E-state index >= 15 is 0 Å². The van der Waals surface area contributed by atoms with Crippen molar-refractivity contribution in [2.45, 2.75) is 75.6 Å². The van der Waals surface area contributed by atoms with Gasteiger partial charge in [-0.2, -0.15) is 0 Å². The summed E-state index contributed by atoms with van der Waals surface area (Å²) in [6.07, 6.45) is 3.10. The van der Waals surface area contributed by atoms with Gasteiger partial charge in [0.05, 0.1) is 11.0 Å². The number of hydrogen-bond acceptors (Lipinski definition) is 5. The average molecular weight is 592 g/mol. The largest absolute Gasteiger partial charge is 0.379 e. The molecule has 42 heavy (non-hydrogen) atoms. The molecule has 0 bridgehead atoms. The van der Waals surface area contributed by atoms with Crippen LogP contribution in [0, 0.1) is 0 Å². The van der Waals surface area contributed by atoms with Crippen LogP contribution in [0.3, 0.4) is 0 Å². The molecule has 1 aliphatic carbocycles. The van der Waals surface area contributed by atoms with Crippen LogP contribution >= 0.6 is 0 Å². The Kier molecular flexibility index (Phi) is 11.3. The first-order valence-corrected chi connectivity index (χ1v) is 16.1. The maximum atomic E-state index is 13.9.